The van der Waals surface area contributed by atoms with Gasteiger partial charge in [-0.25, -0.2) is 0 Å². The highest BCUT2D eigenvalue weighted by molar-refractivity contribution is 5.71. The van der Waals surface area contributed by atoms with Crippen molar-refractivity contribution in [1.29, 1.82) is 0 Å². The van der Waals surface area contributed by atoms with Gasteiger partial charge in [-0.05, 0) is 96.3 Å². The summed E-state index contributed by atoms with van der Waals surface area (Å²) >= 11 is 0. The quantitative estimate of drug-likeness (QED) is 0.0261. The van der Waals surface area contributed by atoms with E-state index in [4.69, 9.17) is 14.2 Å². The largest absolute Gasteiger partial charge is 0.462 e. The third kappa shape index (κ3) is 59.5. The SMILES string of the molecule is CC/C=C\C/C=C\C/C=C\C/C=C\C/C=C\CCCCCC(=O)OC(COC(=O)CCCCCCCCCCCCCC)COC(=O)CCCCCCCCCCCCCCC/C=C\C/C=C\CCCCCCC. The molecule has 0 aromatic heterocycles. The second kappa shape index (κ2) is 62.1. The Morgan fingerprint density at radius 1 is 0.284 bits per heavy atom. The van der Waals surface area contributed by atoms with Gasteiger partial charge in [-0.3, -0.25) is 14.4 Å². The number of carbonyl (C=O) groups is 3. The fourth-order valence-electron chi connectivity index (χ4n) is 8.91. The second-order valence-corrected chi connectivity index (χ2v) is 20.9. The molecular weight excluding hydrogens is 913 g/mol. The Hall–Kier alpha value is -3.41. The van der Waals surface area contributed by atoms with E-state index < -0.39 is 6.10 Å². The lowest BCUT2D eigenvalue weighted by Gasteiger charge is -2.18. The van der Waals surface area contributed by atoms with Gasteiger partial charge in [0.1, 0.15) is 13.2 Å². The number of hydrogen-bond acceptors (Lipinski definition) is 6. The highest BCUT2D eigenvalue weighted by Crippen LogP contribution is 2.16. The molecule has 0 saturated heterocycles. The molecule has 0 aromatic carbocycles. The lowest BCUT2D eigenvalue weighted by atomic mass is 10.0. The molecule has 1 atom stereocenters. The molecule has 0 radical (unpaired) electrons. The van der Waals surface area contributed by atoms with E-state index in [0.29, 0.717) is 19.3 Å². The zero-order valence-corrected chi connectivity index (χ0v) is 48.8. The number of rotatable bonds is 57. The summed E-state index contributed by atoms with van der Waals surface area (Å²) in [6.45, 7) is 6.51. The first kappa shape index (κ1) is 70.6. The average molecular weight is 1030 g/mol. The highest BCUT2D eigenvalue weighted by Gasteiger charge is 2.19. The Morgan fingerprint density at radius 2 is 0.527 bits per heavy atom. The average Bonchev–Trinajstić information content (AvgIpc) is 3.40. The van der Waals surface area contributed by atoms with Crippen LogP contribution in [0.5, 0.6) is 0 Å². The van der Waals surface area contributed by atoms with Crippen molar-refractivity contribution in [3.63, 3.8) is 0 Å². The van der Waals surface area contributed by atoms with Crippen LogP contribution in [0.15, 0.2) is 85.1 Å². The molecule has 0 aromatic rings. The van der Waals surface area contributed by atoms with Gasteiger partial charge in [-0.1, -0.05) is 279 Å². The zero-order valence-electron chi connectivity index (χ0n) is 48.8. The van der Waals surface area contributed by atoms with Gasteiger partial charge in [0.2, 0.25) is 0 Å². The minimum Gasteiger partial charge on any atom is -0.462 e. The molecule has 6 heteroatoms. The number of allylic oxidation sites excluding steroid dienone is 14. The fourth-order valence-corrected chi connectivity index (χ4v) is 8.91. The monoisotopic (exact) mass is 1030 g/mol. The summed E-state index contributed by atoms with van der Waals surface area (Å²) in [5, 5.41) is 0. The fraction of sp³-hybridized carbons (Fsp3) is 0.750. The van der Waals surface area contributed by atoms with E-state index in [1.54, 1.807) is 0 Å². The summed E-state index contributed by atoms with van der Waals surface area (Å²) in [6.07, 6.45) is 81.6. The summed E-state index contributed by atoms with van der Waals surface area (Å²) in [7, 11) is 0. The van der Waals surface area contributed by atoms with Crippen LogP contribution >= 0.6 is 0 Å². The number of ether oxygens (including phenoxy) is 3. The van der Waals surface area contributed by atoms with Crippen LogP contribution in [0.3, 0.4) is 0 Å². The van der Waals surface area contributed by atoms with Gasteiger partial charge in [-0.15, -0.1) is 0 Å². The van der Waals surface area contributed by atoms with Crippen LogP contribution in [0, 0.1) is 0 Å². The van der Waals surface area contributed by atoms with Crippen LogP contribution in [0.4, 0.5) is 0 Å². The van der Waals surface area contributed by atoms with Crippen LogP contribution in [-0.2, 0) is 28.6 Å². The van der Waals surface area contributed by atoms with Gasteiger partial charge in [0.25, 0.3) is 0 Å². The molecule has 0 heterocycles. The topological polar surface area (TPSA) is 78.9 Å². The van der Waals surface area contributed by atoms with Crippen LogP contribution in [0.1, 0.15) is 310 Å². The smallest absolute Gasteiger partial charge is 0.306 e. The Labute approximate surface area is 458 Å². The van der Waals surface area contributed by atoms with Gasteiger partial charge < -0.3 is 14.2 Å². The van der Waals surface area contributed by atoms with Gasteiger partial charge in [0.15, 0.2) is 6.10 Å². The van der Waals surface area contributed by atoms with Gasteiger partial charge >= 0.3 is 17.9 Å². The lowest BCUT2D eigenvalue weighted by molar-refractivity contribution is -0.167. The molecule has 0 spiro atoms. The Kier molecular flexibility index (Phi) is 59.3. The normalized spacial score (nSPS) is 12.6. The molecule has 0 aliphatic rings. The van der Waals surface area contributed by atoms with E-state index in [1.165, 1.54) is 167 Å². The predicted octanol–water partition coefficient (Wildman–Crippen LogP) is 21.5. The van der Waals surface area contributed by atoms with Crippen LogP contribution in [-0.4, -0.2) is 37.2 Å². The van der Waals surface area contributed by atoms with E-state index in [0.717, 1.165) is 103 Å². The Bertz CT molecular complexity index is 1420. The summed E-state index contributed by atoms with van der Waals surface area (Å²) in [5.74, 6) is -0.910. The van der Waals surface area contributed by atoms with Crippen LogP contribution < -0.4 is 0 Å². The molecule has 74 heavy (non-hydrogen) atoms. The molecule has 1 unspecified atom stereocenters. The Morgan fingerprint density at radius 3 is 0.838 bits per heavy atom. The second-order valence-electron chi connectivity index (χ2n) is 20.9. The minimum absolute atomic E-state index is 0.0875. The van der Waals surface area contributed by atoms with E-state index >= 15 is 0 Å². The third-order valence-electron chi connectivity index (χ3n) is 13.6. The van der Waals surface area contributed by atoms with E-state index in [2.05, 4.69) is 106 Å². The zero-order chi connectivity index (χ0) is 53.6. The van der Waals surface area contributed by atoms with Crippen molar-refractivity contribution in [2.45, 2.75) is 316 Å². The molecule has 426 valence electrons. The maximum atomic E-state index is 12.9. The minimum atomic E-state index is -0.793. The summed E-state index contributed by atoms with van der Waals surface area (Å²) < 4.78 is 16.9. The number of unbranched alkanes of at least 4 members (excludes halogenated alkanes) is 32. The van der Waals surface area contributed by atoms with Crippen molar-refractivity contribution in [3.05, 3.63) is 85.1 Å². The van der Waals surface area contributed by atoms with Crippen molar-refractivity contribution in [3.8, 4) is 0 Å². The first-order valence-corrected chi connectivity index (χ1v) is 31.6. The molecule has 0 amide bonds. The highest BCUT2D eigenvalue weighted by atomic mass is 16.6. The van der Waals surface area contributed by atoms with Crippen molar-refractivity contribution >= 4 is 17.9 Å². The van der Waals surface area contributed by atoms with Gasteiger partial charge in [-0.2, -0.15) is 0 Å². The molecule has 0 saturated carbocycles. The van der Waals surface area contributed by atoms with Gasteiger partial charge in [0.05, 0.1) is 0 Å². The van der Waals surface area contributed by atoms with Crippen LogP contribution in [0.2, 0.25) is 0 Å². The van der Waals surface area contributed by atoms with Crippen molar-refractivity contribution in [1.82, 2.24) is 0 Å². The van der Waals surface area contributed by atoms with Crippen molar-refractivity contribution in [2.75, 3.05) is 13.2 Å². The molecule has 0 N–H and O–H groups in total. The van der Waals surface area contributed by atoms with E-state index in [9.17, 15) is 14.4 Å². The van der Waals surface area contributed by atoms with Crippen molar-refractivity contribution < 1.29 is 28.6 Å². The molecule has 0 aliphatic carbocycles. The molecule has 0 fully saturated rings. The number of hydrogen-bond donors (Lipinski definition) is 0. The maximum Gasteiger partial charge on any atom is 0.306 e. The molecule has 0 bridgehead atoms. The predicted molar refractivity (Wildman–Crippen MR) is 321 cm³/mol. The first-order chi connectivity index (χ1) is 36.5. The standard InChI is InChI=1S/C68H118O6/c1-4-7-10-13-16-19-22-25-27-29-31-32-33-34-35-36-38-39-41-43-46-49-52-55-58-61-67(70)73-64-65(63-72-66(69)60-57-54-51-48-45-24-21-18-15-12-9-6-3)74-68(71)62-59-56-53-50-47-44-42-40-37-30-28-26-23-20-17-14-11-8-5-2/h8,11,17,20,22,25-26,28-29,31,37,40,44,47,65H,4-7,9-10,12-16,18-19,21,23-24,27,30,32-36,38-39,41-43,45-46,48-64H2,1-3H3/b11-8-,20-17-,25-22-,28-26-,31-29-,40-37-,47-44-. The summed E-state index contributed by atoms with van der Waals surface area (Å²) in [5.41, 5.74) is 0. The van der Waals surface area contributed by atoms with Crippen LogP contribution in [0.25, 0.3) is 0 Å². The summed E-state index contributed by atoms with van der Waals surface area (Å²) in [6, 6.07) is 0. The lowest BCUT2D eigenvalue weighted by Crippen LogP contribution is -2.30. The third-order valence-corrected chi connectivity index (χ3v) is 13.6. The molecule has 0 aliphatic heterocycles. The Balaban J connectivity index is 4.33. The number of carbonyl (C=O) groups excluding carboxylic acids is 3. The maximum absolute atomic E-state index is 12.9. The molecule has 0 rings (SSSR count). The number of esters is 3. The van der Waals surface area contributed by atoms with Crippen molar-refractivity contribution in [2.24, 2.45) is 0 Å². The summed E-state index contributed by atoms with van der Waals surface area (Å²) in [4.78, 5) is 38.2. The van der Waals surface area contributed by atoms with Gasteiger partial charge in [0, 0.05) is 19.3 Å². The molecule has 6 nitrogen and oxygen atoms in total. The van der Waals surface area contributed by atoms with E-state index in [-0.39, 0.29) is 31.1 Å². The molecular formula is C68H118O6. The first-order valence-electron chi connectivity index (χ1n) is 31.6. The van der Waals surface area contributed by atoms with E-state index in [1.807, 2.05) is 0 Å².